The molecule has 1 heterocycles. The first-order chi connectivity index (χ1) is 13.6. The topological polar surface area (TPSA) is 72.7 Å². The van der Waals surface area contributed by atoms with Gasteiger partial charge in [0, 0.05) is 15.5 Å². The number of hydrogen-bond donors (Lipinski definition) is 1. The zero-order chi connectivity index (χ0) is 19.5. The van der Waals surface area contributed by atoms with E-state index in [1.54, 1.807) is 11.8 Å². The molecule has 1 fully saturated rings. The van der Waals surface area contributed by atoms with Gasteiger partial charge >= 0.3 is 0 Å². The number of thioether (sulfide) groups is 1. The van der Waals surface area contributed by atoms with Crippen molar-refractivity contribution in [1.29, 1.82) is 0 Å². The van der Waals surface area contributed by atoms with E-state index in [1.165, 1.54) is 27.8 Å². The Kier molecular flexibility index (Phi) is 5.68. The molecular weight excluding hydrogens is 390 g/mol. The summed E-state index contributed by atoms with van der Waals surface area (Å²) in [4.78, 5) is 14.6. The molecule has 8 heteroatoms. The van der Waals surface area contributed by atoms with Crippen LogP contribution in [-0.2, 0) is 4.79 Å². The highest BCUT2D eigenvalue weighted by Crippen LogP contribution is 2.36. The number of benzene rings is 2. The summed E-state index contributed by atoms with van der Waals surface area (Å²) < 4.78 is 1.82. The van der Waals surface area contributed by atoms with Crippen molar-refractivity contribution >= 4 is 35.1 Å². The number of hydrogen-bond acceptors (Lipinski definition) is 6. The molecule has 6 nitrogen and oxygen atoms in total. The first-order valence-electron chi connectivity index (χ1n) is 9.14. The molecule has 0 bridgehead atoms. The van der Waals surface area contributed by atoms with E-state index in [1.807, 2.05) is 28.9 Å². The summed E-state index contributed by atoms with van der Waals surface area (Å²) >= 11 is 3.10. The van der Waals surface area contributed by atoms with Crippen molar-refractivity contribution in [2.24, 2.45) is 0 Å². The van der Waals surface area contributed by atoms with Gasteiger partial charge in [0.15, 0.2) is 0 Å². The van der Waals surface area contributed by atoms with Crippen molar-refractivity contribution in [3.05, 3.63) is 53.6 Å². The first-order valence-corrected chi connectivity index (χ1v) is 10.9. The number of carbonyl (C=O) groups is 1. The van der Waals surface area contributed by atoms with Gasteiger partial charge in [0.05, 0.1) is 11.8 Å². The number of aromatic nitrogens is 4. The maximum atomic E-state index is 12.2. The molecule has 4 rings (SSSR count). The molecule has 2 aromatic carbocycles. The quantitative estimate of drug-likeness (QED) is 0.577. The van der Waals surface area contributed by atoms with Crippen molar-refractivity contribution < 1.29 is 4.79 Å². The van der Waals surface area contributed by atoms with Gasteiger partial charge in [-0.3, -0.25) is 4.79 Å². The molecule has 0 saturated heterocycles. The van der Waals surface area contributed by atoms with Gasteiger partial charge in [-0.05, 0) is 73.0 Å². The molecule has 0 spiro atoms. The molecule has 1 aromatic heterocycles. The van der Waals surface area contributed by atoms with Crippen molar-refractivity contribution in [2.75, 3.05) is 11.1 Å². The van der Waals surface area contributed by atoms with E-state index in [-0.39, 0.29) is 11.7 Å². The van der Waals surface area contributed by atoms with Crippen LogP contribution >= 0.6 is 23.5 Å². The summed E-state index contributed by atoms with van der Waals surface area (Å²) in [5.74, 6) is 0.219. The molecule has 0 atom stereocenters. The number of rotatable bonds is 7. The van der Waals surface area contributed by atoms with Crippen LogP contribution in [0.1, 0.15) is 30.0 Å². The van der Waals surface area contributed by atoms with Crippen molar-refractivity contribution in [2.45, 2.75) is 47.7 Å². The van der Waals surface area contributed by atoms with Crippen molar-refractivity contribution in [1.82, 2.24) is 20.2 Å². The molecule has 3 aromatic rings. The molecular formula is C20H21N5OS2. The van der Waals surface area contributed by atoms with Crippen LogP contribution in [0.3, 0.4) is 0 Å². The lowest BCUT2D eigenvalue weighted by Gasteiger charge is -2.08. The van der Waals surface area contributed by atoms with Crippen LogP contribution in [0.2, 0.25) is 0 Å². The van der Waals surface area contributed by atoms with Crippen LogP contribution in [0, 0.1) is 13.8 Å². The van der Waals surface area contributed by atoms with Gasteiger partial charge < -0.3 is 5.32 Å². The summed E-state index contributed by atoms with van der Waals surface area (Å²) in [6.07, 6.45) is 2.22. The zero-order valence-corrected chi connectivity index (χ0v) is 17.4. The molecule has 144 valence electrons. The van der Waals surface area contributed by atoms with Gasteiger partial charge in [0.2, 0.25) is 11.1 Å². The lowest BCUT2D eigenvalue weighted by molar-refractivity contribution is -0.113. The number of nitrogens with zero attached hydrogens (tertiary/aromatic N) is 4. The minimum atomic E-state index is -0.0647. The molecule has 1 amide bonds. The SMILES string of the molecule is Cc1ccc(Sc2ccc(NC(=O)CSc3nnnn3C3CC3)cc2)c(C)c1. The summed E-state index contributed by atoms with van der Waals surface area (Å²) in [6, 6.07) is 14.8. The molecule has 1 aliphatic carbocycles. The van der Waals surface area contributed by atoms with Gasteiger partial charge in [-0.15, -0.1) is 5.10 Å². The van der Waals surface area contributed by atoms with E-state index in [9.17, 15) is 4.79 Å². The maximum Gasteiger partial charge on any atom is 0.234 e. The Morgan fingerprint density at radius 1 is 1.18 bits per heavy atom. The largest absolute Gasteiger partial charge is 0.325 e. The average Bonchev–Trinajstić information content (AvgIpc) is 3.41. The molecule has 1 saturated carbocycles. The standard InChI is InChI=1S/C20H21N5OS2/c1-13-3-10-18(14(2)11-13)28-17-8-4-15(5-9-17)21-19(26)12-27-20-22-23-24-25(20)16-6-7-16/h3-5,8-11,16H,6-7,12H2,1-2H3,(H,21,26). The van der Waals surface area contributed by atoms with Crippen molar-refractivity contribution in [3.63, 3.8) is 0 Å². The maximum absolute atomic E-state index is 12.2. The summed E-state index contributed by atoms with van der Waals surface area (Å²) in [6.45, 7) is 4.23. The second-order valence-electron chi connectivity index (χ2n) is 6.87. The highest BCUT2D eigenvalue weighted by atomic mass is 32.2. The van der Waals surface area contributed by atoms with E-state index >= 15 is 0 Å². The number of carbonyl (C=O) groups excluding carboxylic acids is 1. The van der Waals surface area contributed by atoms with Crippen LogP contribution in [0.5, 0.6) is 0 Å². The number of anilines is 1. The zero-order valence-electron chi connectivity index (χ0n) is 15.8. The van der Waals surface area contributed by atoms with Crippen LogP contribution in [0.15, 0.2) is 57.4 Å². The monoisotopic (exact) mass is 411 g/mol. The van der Waals surface area contributed by atoms with E-state index in [4.69, 9.17) is 0 Å². The second kappa shape index (κ2) is 8.36. The van der Waals surface area contributed by atoms with Crippen LogP contribution in [0.25, 0.3) is 0 Å². The Morgan fingerprint density at radius 3 is 2.68 bits per heavy atom. The summed E-state index contributed by atoms with van der Waals surface area (Å²) in [5.41, 5.74) is 3.33. The predicted molar refractivity (Wildman–Crippen MR) is 112 cm³/mol. The van der Waals surface area contributed by atoms with Gasteiger partial charge in [-0.25, -0.2) is 4.68 Å². The number of aryl methyl sites for hydroxylation is 2. The minimum Gasteiger partial charge on any atom is -0.325 e. The third-order valence-corrected chi connectivity index (χ3v) is 6.50. The lowest BCUT2D eigenvalue weighted by atomic mass is 10.2. The number of nitrogens with one attached hydrogen (secondary N) is 1. The number of amides is 1. The fourth-order valence-corrected chi connectivity index (χ4v) is 4.43. The minimum absolute atomic E-state index is 0.0647. The fraction of sp³-hybridized carbons (Fsp3) is 0.300. The fourth-order valence-electron chi connectivity index (χ4n) is 2.80. The normalized spacial score (nSPS) is 13.5. The molecule has 28 heavy (non-hydrogen) atoms. The third kappa shape index (κ3) is 4.74. The van der Waals surface area contributed by atoms with Gasteiger partial charge in [-0.1, -0.05) is 41.2 Å². The Morgan fingerprint density at radius 2 is 1.96 bits per heavy atom. The van der Waals surface area contributed by atoms with Crippen molar-refractivity contribution in [3.8, 4) is 0 Å². The molecule has 0 unspecified atom stereocenters. The highest BCUT2D eigenvalue weighted by molar-refractivity contribution is 7.99. The Balaban J connectivity index is 1.31. The predicted octanol–water partition coefficient (Wildman–Crippen LogP) is 4.51. The molecule has 0 aliphatic heterocycles. The van der Waals surface area contributed by atoms with E-state index in [0.29, 0.717) is 11.2 Å². The third-order valence-electron chi connectivity index (χ3n) is 4.38. The van der Waals surface area contributed by atoms with E-state index < -0.39 is 0 Å². The van der Waals surface area contributed by atoms with E-state index in [0.717, 1.165) is 23.4 Å². The molecule has 1 aliphatic rings. The first kappa shape index (κ1) is 19.0. The van der Waals surface area contributed by atoms with Gasteiger partial charge in [-0.2, -0.15) is 0 Å². The van der Waals surface area contributed by atoms with Gasteiger partial charge in [0.1, 0.15) is 0 Å². The Labute approximate surface area is 172 Å². The lowest BCUT2D eigenvalue weighted by Crippen LogP contribution is -2.14. The Hall–Kier alpha value is -2.32. The van der Waals surface area contributed by atoms with Crippen LogP contribution in [0.4, 0.5) is 5.69 Å². The summed E-state index contributed by atoms with van der Waals surface area (Å²) in [5, 5.41) is 15.3. The number of tetrazole rings is 1. The Bertz CT molecular complexity index is 983. The highest BCUT2D eigenvalue weighted by Gasteiger charge is 2.28. The van der Waals surface area contributed by atoms with Crippen LogP contribution < -0.4 is 5.32 Å². The van der Waals surface area contributed by atoms with Gasteiger partial charge in [0.25, 0.3) is 0 Å². The summed E-state index contributed by atoms with van der Waals surface area (Å²) in [7, 11) is 0. The average molecular weight is 412 g/mol. The van der Waals surface area contributed by atoms with E-state index in [2.05, 4.69) is 52.9 Å². The molecule has 0 radical (unpaired) electrons. The molecule has 1 N–H and O–H groups in total. The smallest absolute Gasteiger partial charge is 0.234 e. The second-order valence-corrected chi connectivity index (χ2v) is 8.93. The van der Waals surface area contributed by atoms with Crippen LogP contribution in [-0.4, -0.2) is 31.9 Å².